The van der Waals surface area contributed by atoms with Crippen LogP contribution in [0.5, 0.6) is 0 Å². The van der Waals surface area contributed by atoms with Gasteiger partial charge in [0.25, 0.3) is 0 Å². The molecular formula is C11H17NO3S. The molecule has 2 N–H and O–H groups in total. The first kappa shape index (κ1) is 13.0. The number of hydrogen-bond donors (Lipinski definition) is 1. The second-order valence-corrected chi connectivity index (χ2v) is 5.70. The van der Waals surface area contributed by atoms with E-state index in [0.717, 1.165) is 6.42 Å². The molecule has 5 heteroatoms. The summed E-state index contributed by atoms with van der Waals surface area (Å²) in [7, 11) is -1.56. The lowest BCUT2D eigenvalue weighted by molar-refractivity contribution is 0.194. The Bertz CT molecular complexity index is 411. The molecule has 0 atom stereocenters. The van der Waals surface area contributed by atoms with Crippen LogP contribution in [-0.4, -0.2) is 27.9 Å². The minimum atomic E-state index is -3.17. The molecule has 1 rings (SSSR count). The third-order valence-electron chi connectivity index (χ3n) is 2.25. The van der Waals surface area contributed by atoms with Crippen LogP contribution in [0.1, 0.15) is 12.8 Å². The van der Waals surface area contributed by atoms with E-state index in [1.165, 1.54) is 0 Å². The molecule has 0 saturated heterocycles. The van der Waals surface area contributed by atoms with Crippen LogP contribution in [0.4, 0.5) is 5.69 Å². The second-order valence-electron chi connectivity index (χ2n) is 3.59. The number of sulfone groups is 1. The normalized spacial score (nSPS) is 11.6. The molecule has 0 aliphatic carbocycles. The van der Waals surface area contributed by atoms with Crippen molar-refractivity contribution in [3.05, 3.63) is 24.3 Å². The number of hydrogen-bond acceptors (Lipinski definition) is 4. The van der Waals surface area contributed by atoms with Gasteiger partial charge in [0.2, 0.25) is 0 Å². The van der Waals surface area contributed by atoms with Gasteiger partial charge in [-0.15, -0.1) is 0 Å². The number of anilines is 1. The molecular weight excluding hydrogens is 226 g/mol. The van der Waals surface area contributed by atoms with Crippen molar-refractivity contribution in [2.75, 3.05) is 25.2 Å². The highest BCUT2D eigenvalue weighted by Crippen LogP contribution is 2.14. The molecule has 0 amide bonds. The van der Waals surface area contributed by atoms with Crippen molar-refractivity contribution in [1.29, 1.82) is 0 Å². The Morgan fingerprint density at radius 2 is 1.81 bits per heavy atom. The maximum absolute atomic E-state index is 11.8. The van der Waals surface area contributed by atoms with Crippen LogP contribution in [0.2, 0.25) is 0 Å². The highest BCUT2D eigenvalue weighted by atomic mass is 32.2. The predicted molar refractivity (Wildman–Crippen MR) is 64.0 cm³/mol. The van der Waals surface area contributed by atoms with E-state index in [1.807, 2.05) is 0 Å². The van der Waals surface area contributed by atoms with Gasteiger partial charge in [-0.1, -0.05) is 0 Å². The molecule has 4 nitrogen and oxygen atoms in total. The van der Waals surface area contributed by atoms with Gasteiger partial charge in [-0.05, 0) is 37.1 Å². The van der Waals surface area contributed by atoms with Crippen LogP contribution in [0.25, 0.3) is 0 Å². The highest BCUT2D eigenvalue weighted by molar-refractivity contribution is 7.91. The number of ether oxygens (including phenoxy) is 1. The van der Waals surface area contributed by atoms with Gasteiger partial charge >= 0.3 is 0 Å². The topological polar surface area (TPSA) is 69.4 Å². The summed E-state index contributed by atoms with van der Waals surface area (Å²) in [5.74, 6) is 0.153. The summed E-state index contributed by atoms with van der Waals surface area (Å²) >= 11 is 0. The van der Waals surface area contributed by atoms with Crippen LogP contribution >= 0.6 is 0 Å². The quantitative estimate of drug-likeness (QED) is 0.606. The van der Waals surface area contributed by atoms with Crippen LogP contribution in [-0.2, 0) is 14.6 Å². The summed E-state index contributed by atoms with van der Waals surface area (Å²) in [4.78, 5) is 0.333. The third-order valence-corrected chi connectivity index (χ3v) is 4.07. The first-order valence-electron chi connectivity index (χ1n) is 5.13. The van der Waals surface area contributed by atoms with Gasteiger partial charge in [0.15, 0.2) is 9.84 Å². The van der Waals surface area contributed by atoms with E-state index in [-0.39, 0.29) is 5.75 Å². The molecule has 0 aliphatic heterocycles. The molecule has 0 radical (unpaired) electrons. The van der Waals surface area contributed by atoms with E-state index in [4.69, 9.17) is 10.5 Å². The lowest BCUT2D eigenvalue weighted by Gasteiger charge is -2.04. The second kappa shape index (κ2) is 5.86. The van der Waals surface area contributed by atoms with Crippen molar-refractivity contribution < 1.29 is 13.2 Å². The third kappa shape index (κ3) is 3.83. The predicted octanol–water partition coefficient (Wildman–Crippen LogP) is 1.47. The van der Waals surface area contributed by atoms with Gasteiger partial charge in [-0.2, -0.15) is 0 Å². The first-order valence-corrected chi connectivity index (χ1v) is 6.79. The molecule has 0 aromatic heterocycles. The van der Waals surface area contributed by atoms with Crippen molar-refractivity contribution in [2.45, 2.75) is 17.7 Å². The van der Waals surface area contributed by atoms with E-state index in [0.29, 0.717) is 23.6 Å². The standard InChI is InChI=1S/C11H17NO3S/c1-15-8-2-3-9-16(13,14)11-6-4-10(12)5-7-11/h4-7H,2-3,8-9,12H2,1H3. The number of unbranched alkanes of at least 4 members (excludes halogenated alkanes) is 1. The summed E-state index contributed by atoms with van der Waals surface area (Å²) in [5, 5.41) is 0. The maximum atomic E-state index is 11.8. The Morgan fingerprint density at radius 1 is 1.19 bits per heavy atom. The molecule has 16 heavy (non-hydrogen) atoms. The van der Waals surface area contributed by atoms with Gasteiger partial charge in [0, 0.05) is 19.4 Å². The zero-order valence-corrected chi connectivity index (χ0v) is 10.2. The van der Waals surface area contributed by atoms with Crippen molar-refractivity contribution in [3.8, 4) is 0 Å². The summed E-state index contributed by atoms with van der Waals surface area (Å²) in [6.07, 6.45) is 1.37. The number of rotatable bonds is 6. The van der Waals surface area contributed by atoms with E-state index in [1.54, 1.807) is 31.4 Å². The number of methoxy groups -OCH3 is 1. The molecule has 0 heterocycles. The summed E-state index contributed by atoms with van der Waals surface area (Å²) in [6, 6.07) is 6.28. The molecule has 0 saturated carbocycles. The summed E-state index contributed by atoms with van der Waals surface area (Å²) < 4.78 is 28.5. The van der Waals surface area contributed by atoms with Crippen molar-refractivity contribution in [2.24, 2.45) is 0 Å². The van der Waals surface area contributed by atoms with Crippen molar-refractivity contribution in [3.63, 3.8) is 0 Å². The van der Waals surface area contributed by atoms with Crippen LogP contribution < -0.4 is 5.73 Å². The Morgan fingerprint density at radius 3 is 2.38 bits per heavy atom. The molecule has 0 aliphatic rings. The maximum Gasteiger partial charge on any atom is 0.178 e. The SMILES string of the molecule is COCCCCS(=O)(=O)c1ccc(N)cc1. The van der Waals surface area contributed by atoms with Crippen LogP contribution in [0.15, 0.2) is 29.2 Å². The first-order chi connectivity index (χ1) is 7.56. The molecule has 0 fully saturated rings. The van der Waals surface area contributed by atoms with E-state index in [2.05, 4.69) is 0 Å². The fraction of sp³-hybridized carbons (Fsp3) is 0.455. The van der Waals surface area contributed by atoms with E-state index < -0.39 is 9.84 Å². The molecule has 0 bridgehead atoms. The molecule has 1 aromatic rings. The lowest BCUT2D eigenvalue weighted by Crippen LogP contribution is -2.07. The molecule has 90 valence electrons. The van der Waals surface area contributed by atoms with Crippen molar-refractivity contribution >= 4 is 15.5 Å². The number of benzene rings is 1. The molecule has 0 unspecified atom stereocenters. The average molecular weight is 243 g/mol. The Balaban J connectivity index is 2.60. The molecule has 1 aromatic carbocycles. The largest absolute Gasteiger partial charge is 0.399 e. The monoisotopic (exact) mass is 243 g/mol. The summed E-state index contributed by atoms with van der Waals surface area (Å²) in [6.45, 7) is 0.595. The summed E-state index contributed by atoms with van der Waals surface area (Å²) in [5.41, 5.74) is 6.07. The van der Waals surface area contributed by atoms with Gasteiger partial charge in [-0.25, -0.2) is 8.42 Å². The fourth-order valence-electron chi connectivity index (χ4n) is 1.33. The van der Waals surface area contributed by atoms with Crippen LogP contribution in [0.3, 0.4) is 0 Å². The smallest absolute Gasteiger partial charge is 0.178 e. The van der Waals surface area contributed by atoms with Crippen molar-refractivity contribution in [1.82, 2.24) is 0 Å². The number of nitrogens with two attached hydrogens (primary N) is 1. The Labute approximate surface area is 96.3 Å². The molecule has 0 spiro atoms. The Hall–Kier alpha value is -1.07. The van der Waals surface area contributed by atoms with Gasteiger partial charge in [0.05, 0.1) is 10.6 Å². The minimum absolute atomic E-state index is 0.153. The van der Waals surface area contributed by atoms with Gasteiger partial charge < -0.3 is 10.5 Å². The highest BCUT2D eigenvalue weighted by Gasteiger charge is 2.13. The van der Waals surface area contributed by atoms with Crippen LogP contribution in [0, 0.1) is 0 Å². The van der Waals surface area contributed by atoms with E-state index in [9.17, 15) is 8.42 Å². The zero-order valence-electron chi connectivity index (χ0n) is 9.35. The fourth-order valence-corrected chi connectivity index (χ4v) is 2.70. The number of nitrogen functional groups attached to an aromatic ring is 1. The Kier molecular flexibility index (Phi) is 4.76. The zero-order chi connectivity index (χ0) is 12.0. The minimum Gasteiger partial charge on any atom is -0.399 e. The van der Waals surface area contributed by atoms with Gasteiger partial charge in [0.1, 0.15) is 0 Å². The average Bonchev–Trinajstić information content (AvgIpc) is 2.25. The van der Waals surface area contributed by atoms with E-state index >= 15 is 0 Å². The van der Waals surface area contributed by atoms with Gasteiger partial charge in [-0.3, -0.25) is 0 Å². The lowest BCUT2D eigenvalue weighted by atomic mass is 10.3.